The van der Waals surface area contributed by atoms with Gasteiger partial charge in [0, 0.05) is 12.6 Å². The van der Waals surface area contributed by atoms with E-state index < -0.39 is 22.7 Å². The second-order valence-corrected chi connectivity index (χ2v) is 4.86. The third kappa shape index (κ3) is 2.30. The number of hydrogen-bond acceptors (Lipinski definition) is 6. The van der Waals surface area contributed by atoms with Gasteiger partial charge in [-0.25, -0.2) is 0 Å². The van der Waals surface area contributed by atoms with Crippen molar-refractivity contribution in [1.29, 1.82) is 0 Å². The van der Waals surface area contributed by atoms with Crippen molar-refractivity contribution in [3.05, 3.63) is 34.1 Å². The molecule has 0 saturated carbocycles. The van der Waals surface area contributed by atoms with Gasteiger partial charge in [0.15, 0.2) is 5.78 Å². The molecule has 1 aromatic heterocycles. The smallest absolute Gasteiger partial charge is 0.293 e. The largest absolute Gasteiger partial charge is 0.379 e. The van der Waals surface area contributed by atoms with Crippen LogP contribution >= 0.6 is 0 Å². The van der Waals surface area contributed by atoms with E-state index in [0.717, 1.165) is 6.20 Å². The van der Waals surface area contributed by atoms with Crippen molar-refractivity contribution in [2.45, 2.75) is 44.5 Å². The van der Waals surface area contributed by atoms with Gasteiger partial charge < -0.3 is 9.84 Å². The molecule has 7 heteroatoms. The Balaban J connectivity index is 2.34. The Morgan fingerprint density at radius 1 is 1.65 bits per heavy atom. The molecular weight excluding hydrogens is 264 g/mol. The lowest BCUT2D eigenvalue weighted by Crippen LogP contribution is -2.53. The fourth-order valence-corrected chi connectivity index (χ4v) is 2.47. The van der Waals surface area contributed by atoms with Gasteiger partial charge in [-0.05, 0) is 19.4 Å². The molecule has 1 aliphatic rings. The van der Waals surface area contributed by atoms with Gasteiger partial charge in [0.2, 0.25) is 0 Å². The first-order valence-corrected chi connectivity index (χ1v) is 6.39. The maximum Gasteiger partial charge on any atom is 0.293 e. The lowest BCUT2D eigenvalue weighted by Gasteiger charge is -2.39. The third-order valence-corrected chi connectivity index (χ3v) is 3.81. The monoisotopic (exact) mass is 280 g/mol. The quantitative estimate of drug-likeness (QED) is 0.665. The molecule has 1 aliphatic heterocycles. The van der Waals surface area contributed by atoms with Gasteiger partial charge in [-0.3, -0.25) is 19.9 Å². The summed E-state index contributed by atoms with van der Waals surface area (Å²) in [5.41, 5.74) is -1.39. The number of pyridine rings is 1. The molecule has 3 atom stereocenters. The highest BCUT2D eigenvalue weighted by atomic mass is 16.6. The SMILES string of the molecule is CCC1(O)C(=O)C[C@@H](c2ccncc2[N+](=O)[O-])O[C@H]1C. The highest BCUT2D eigenvalue weighted by molar-refractivity contribution is 5.89. The van der Waals surface area contributed by atoms with E-state index in [9.17, 15) is 20.0 Å². The van der Waals surface area contributed by atoms with Gasteiger partial charge in [-0.15, -0.1) is 0 Å². The van der Waals surface area contributed by atoms with Gasteiger partial charge in [0.25, 0.3) is 5.69 Å². The first-order chi connectivity index (χ1) is 9.40. The average Bonchev–Trinajstić information content (AvgIpc) is 2.44. The van der Waals surface area contributed by atoms with Gasteiger partial charge in [-0.1, -0.05) is 6.92 Å². The number of aliphatic hydroxyl groups is 1. The van der Waals surface area contributed by atoms with Crippen LogP contribution in [-0.4, -0.2) is 32.5 Å². The Hall–Kier alpha value is -1.86. The van der Waals surface area contributed by atoms with E-state index in [1.54, 1.807) is 13.8 Å². The number of carbonyl (C=O) groups is 1. The van der Waals surface area contributed by atoms with Crippen molar-refractivity contribution in [3.8, 4) is 0 Å². The molecule has 1 fully saturated rings. The molecule has 0 amide bonds. The Bertz CT molecular complexity index is 547. The number of aromatic nitrogens is 1. The molecule has 20 heavy (non-hydrogen) atoms. The first kappa shape index (κ1) is 14.5. The molecule has 0 bridgehead atoms. The Kier molecular flexibility index (Phi) is 3.82. The fraction of sp³-hybridized carbons (Fsp3) is 0.538. The maximum absolute atomic E-state index is 12.1. The minimum Gasteiger partial charge on any atom is -0.379 e. The van der Waals surface area contributed by atoms with Crippen molar-refractivity contribution in [2.75, 3.05) is 0 Å². The Labute approximate surface area is 115 Å². The van der Waals surface area contributed by atoms with Crippen molar-refractivity contribution < 1.29 is 19.6 Å². The lowest BCUT2D eigenvalue weighted by molar-refractivity contribution is -0.386. The Morgan fingerprint density at radius 2 is 2.35 bits per heavy atom. The molecule has 1 unspecified atom stereocenters. The predicted molar refractivity (Wildman–Crippen MR) is 69.0 cm³/mol. The number of hydrogen-bond donors (Lipinski definition) is 1. The number of nitro groups is 1. The molecule has 2 rings (SSSR count). The Morgan fingerprint density at radius 3 is 2.90 bits per heavy atom. The summed E-state index contributed by atoms with van der Waals surface area (Å²) in [5.74, 6) is -0.352. The van der Waals surface area contributed by atoms with Crippen molar-refractivity contribution in [1.82, 2.24) is 4.98 Å². The molecular formula is C13H16N2O5. The van der Waals surface area contributed by atoms with Gasteiger partial charge in [0.05, 0.1) is 22.7 Å². The van der Waals surface area contributed by atoms with Crippen LogP contribution in [0.3, 0.4) is 0 Å². The highest BCUT2D eigenvalue weighted by Crippen LogP contribution is 2.38. The van der Waals surface area contributed by atoms with Crippen LogP contribution in [0.25, 0.3) is 0 Å². The van der Waals surface area contributed by atoms with Crippen molar-refractivity contribution in [2.24, 2.45) is 0 Å². The van der Waals surface area contributed by atoms with Crippen LogP contribution in [0, 0.1) is 10.1 Å². The van der Waals surface area contributed by atoms with E-state index in [-0.39, 0.29) is 24.3 Å². The minimum absolute atomic E-state index is 0.0838. The molecule has 2 heterocycles. The number of rotatable bonds is 3. The summed E-state index contributed by atoms with van der Waals surface area (Å²) in [5, 5.41) is 21.2. The minimum atomic E-state index is -1.52. The summed E-state index contributed by atoms with van der Waals surface area (Å²) in [6.45, 7) is 3.30. The standard InChI is InChI=1S/C13H16N2O5/c1-3-13(17)8(2)20-11(6-12(13)16)9-4-5-14-7-10(9)15(18)19/h4-5,7-8,11,17H,3,6H2,1-2H3/t8-,11-,13?/m0/s1. The first-order valence-electron chi connectivity index (χ1n) is 6.39. The molecule has 0 aliphatic carbocycles. The zero-order valence-corrected chi connectivity index (χ0v) is 11.3. The molecule has 108 valence electrons. The zero-order valence-electron chi connectivity index (χ0n) is 11.3. The summed E-state index contributed by atoms with van der Waals surface area (Å²) < 4.78 is 5.64. The van der Waals surface area contributed by atoms with E-state index in [1.165, 1.54) is 12.3 Å². The molecule has 7 nitrogen and oxygen atoms in total. The summed E-state index contributed by atoms with van der Waals surface area (Å²) in [7, 11) is 0. The number of nitrogens with zero attached hydrogens (tertiary/aromatic N) is 2. The van der Waals surface area contributed by atoms with Gasteiger partial charge in [-0.2, -0.15) is 0 Å². The van der Waals surface area contributed by atoms with Crippen molar-refractivity contribution >= 4 is 11.5 Å². The second kappa shape index (κ2) is 5.26. The fourth-order valence-electron chi connectivity index (χ4n) is 2.47. The topological polar surface area (TPSA) is 103 Å². The normalized spacial score (nSPS) is 30.2. The van der Waals surface area contributed by atoms with Crippen LogP contribution in [0.2, 0.25) is 0 Å². The highest BCUT2D eigenvalue weighted by Gasteiger charge is 2.47. The van der Waals surface area contributed by atoms with Crippen LogP contribution in [0.1, 0.15) is 38.4 Å². The lowest BCUT2D eigenvalue weighted by atomic mass is 9.82. The molecule has 1 N–H and O–H groups in total. The number of carbonyl (C=O) groups excluding carboxylic acids is 1. The van der Waals surface area contributed by atoms with Crippen LogP contribution in [0.5, 0.6) is 0 Å². The van der Waals surface area contributed by atoms with E-state index in [4.69, 9.17) is 4.74 Å². The molecule has 1 aromatic rings. The second-order valence-electron chi connectivity index (χ2n) is 4.86. The van der Waals surface area contributed by atoms with E-state index >= 15 is 0 Å². The molecule has 1 saturated heterocycles. The van der Waals surface area contributed by atoms with Crippen LogP contribution in [0.15, 0.2) is 18.5 Å². The van der Waals surface area contributed by atoms with Crippen molar-refractivity contribution in [3.63, 3.8) is 0 Å². The third-order valence-electron chi connectivity index (χ3n) is 3.81. The van der Waals surface area contributed by atoms with Crippen LogP contribution in [-0.2, 0) is 9.53 Å². The van der Waals surface area contributed by atoms with E-state index in [2.05, 4.69) is 4.98 Å². The van der Waals surface area contributed by atoms with Gasteiger partial charge in [0.1, 0.15) is 11.8 Å². The summed E-state index contributed by atoms with van der Waals surface area (Å²) in [4.78, 5) is 26.3. The maximum atomic E-state index is 12.1. The summed E-state index contributed by atoms with van der Waals surface area (Å²) >= 11 is 0. The van der Waals surface area contributed by atoms with Crippen LogP contribution in [0.4, 0.5) is 5.69 Å². The number of ketones is 1. The average molecular weight is 280 g/mol. The number of ether oxygens (including phenoxy) is 1. The predicted octanol–water partition coefficient (Wildman–Crippen LogP) is 1.55. The summed E-state index contributed by atoms with van der Waals surface area (Å²) in [6, 6.07) is 1.47. The van der Waals surface area contributed by atoms with E-state index in [1.807, 2.05) is 0 Å². The van der Waals surface area contributed by atoms with Gasteiger partial charge >= 0.3 is 0 Å². The van der Waals surface area contributed by atoms with E-state index in [0.29, 0.717) is 5.56 Å². The molecule has 0 radical (unpaired) electrons. The summed E-state index contributed by atoms with van der Waals surface area (Å²) in [6.07, 6.45) is 1.27. The molecule has 0 spiro atoms. The van der Waals surface area contributed by atoms with Crippen LogP contribution < -0.4 is 0 Å². The molecule has 0 aromatic carbocycles. The zero-order chi connectivity index (χ0) is 14.9. The number of Topliss-reactive ketones (excluding diaryl/α,β-unsaturated/α-hetero) is 1.